The van der Waals surface area contributed by atoms with Crippen molar-refractivity contribution in [3.8, 4) is 5.75 Å². The minimum atomic E-state index is -1.14. The number of ether oxygens (including phenoxy) is 1. The zero-order chi connectivity index (χ0) is 18.0. The van der Waals surface area contributed by atoms with Crippen molar-refractivity contribution in [2.45, 2.75) is 26.4 Å². The van der Waals surface area contributed by atoms with Gasteiger partial charge in [0.2, 0.25) is 6.10 Å². The van der Waals surface area contributed by atoms with Gasteiger partial charge in [-0.3, -0.25) is 0 Å². The summed E-state index contributed by atoms with van der Waals surface area (Å²) < 4.78 is 11.1. The van der Waals surface area contributed by atoms with Crippen molar-refractivity contribution < 1.29 is 19.1 Å². The van der Waals surface area contributed by atoms with Gasteiger partial charge in [-0.2, -0.15) is 0 Å². The number of benzene rings is 2. The van der Waals surface area contributed by atoms with Crippen LogP contribution in [0.4, 0.5) is 0 Å². The average molecular weight is 338 g/mol. The van der Waals surface area contributed by atoms with Crippen LogP contribution in [0.25, 0.3) is 11.0 Å². The van der Waals surface area contributed by atoms with Crippen LogP contribution in [-0.4, -0.2) is 11.1 Å². The van der Waals surface area contributed by atoms with Crippen LogP contribution in [-0.2, 0) is 11.2 Å². The predicted octanol–water partition coefficient (Wildman–Crippen LogP) is 3.87. The molecular weight excluding hydrogens is 320 g/mol. The molecule has 1 N–H and O–H groups in total. The summed E-state index contributed by atoms with van der Waals surface area (Å²) in [4.78, 5) is 23.4. The molecule has 1 unspecified atom stereocenters. The molecule has 1 heterocycles. The maximum absolute atomic E-state index is 11.8. The maximum Gasteiger partial charge on any atom is 0.349 e. The van der Waals surface area contributed by atoms with Gasteiger partial charge in [-0.1, -0.05) is 37.3 Å². The number of carbonyl (C=O) groups is 1. The highest BCUT2D eigenvalue weighted by molar-refractivity contribution is 5.85. The SMILES string of the molecule is CCc1cc(=O)oc2c(C)c(OC(C(=O)O)c3ccccc3)ccc12. The van der Waals surface area contributed by atoms with Gasteiger partial charge in [0.15, 0.2) is 0 Å². The third-order valence-corrected chi connectivity index (χ3v) is 4.15. The Kier molecular flexibility index (Phi) is 4.57. The molecular formula is C20H18O5. The van der Waals surface area contributed by atoms with Crippen LogP contribution in [0.2, 0.25) is 0 Å². The normalized spacial score (nSPS) is 12.1. The van der Waals surface area contributed by atoms with Crippen LogP contribution in [0.5, 0.6) is 5.75 Å². The van der Waals surface area contributed by atoms with Crippen molar-refractivity contribution in [1.82, 2.24) is 0 Å². The van der Waals surface area contributed by atoms with Gasteiger partial charge in [-0.05, 0) is 31.0 Å². The lowest BCUT2D eigenvalue weighted by molar-refractivity contribution is -0.145. The first-order chi connectivity index (χ1) is 12.0. The van der Waals surface area contributed by atoms with Gasteiger partial charge < -0.3 is 14.3 Å². The summed E-state index contributed by atoms with van der Waals surface area (Å²) in [6.07, 6.45) is -0.442. The molecule has 0 saturated carbocycles. The van der Waals surface area contributed by atoms with E-state index in [0.29, 0.717) is 28.9 Å². The number of aliphatic carboxylic acids is 1. The molecule has 5 nitrogen and oxygen atoms in total. The molecule has 0 aliphatic heterocycles. The average Bonchev–Trinajstić information content (AvgIpc) is 2.61. The van der Waals surface area contributed by atoms with Crippen molar-refractivity contribution in [1.29, 1.82) is 0 Å². The quantitative estimate of drug-likeness (QED) is 0.715. The Hall–Kier alpha value is -3.08. The highest BCUT2D eigenvalue weighted by Gasteiger charge is 2.23. The predicted molar refractivity (Wildman–Crippen MR) is 94.0 cm³/mol. The van der Waals surface area contributed by atoms with Crippen LogP contribution in [0.15, 0.2) is 57.7 Å². The maximum atomic E-state index is 11.8. The second-order valence-electron chi connectivity index (χ2n) is 5.76. The largest absolute Gasteiger partial charge is 0.478 e. The van der Waals surface area contributed by atoms with E-state index in [-0.39, 0.29) is 0 Å². The van der Waals surface area contributed by atoms with Crippen LogP contribution in [0, 0.1) is 6.92 Å². The van der Waals surface area contributed by atoms with Crippen molar-refractivity contribution in [3.05, 3.63) is 75.6 Å². The second-order valence-corrected chi connectivity index (χ2v) is 5.76. The Morgan fingerprint density at radius 3 is 2.56 bits per heavy atom. The van der Waals surface area contributed by atoms with E-state index in [1.807, 2.05) is 13.0 Å². The molecule has 1 atom stereocenters. The summed E-state index contributed by atoms with van der Waals surface area (Å²) >= 11 is 0. The fourth-order valence-corrected chi connectivity index (χ4v) is 2.84. The molecule has 3 rings (SSSR count). The molecule has 128 valence electrons. The fraction of sp³-hybridized carbons (Fsp3) is 0.200. The lowest BCUT2D eigenvalue weighted by atomic mass is 10.0. The summed E-state index contributed by atoms with van der Waals surface area (Å²) in [6, 6.07) is 13.7. The molecule has 0 radical (unpaired) electrons. The van der Waals surface area contributed by atoms with Gasteiger partial charge in [-0.15, -0.1) is 0 Å². The van der Waals surface area contributed by atoms with Crippen molar-refractivity contribution in [3.63, 3.8) is 0 Å². The second kappa shape index (κ2) is 6.81. The van der Waals surface area contributed by atoms with Gasteiger partial charge in [0.05, 0.1) is 0 Å². The molecule has 0 bridgehead atoms. The van der Waals surface area contributed by atoms with Crippen LogP contribution in [0.1, 0.15) is 29.7 Å². The molecule has 3 aromatic rings. The lowest BCUT2D eigenvalue weighted by Gasteiger charge is -2.18. The van der Waals surface area contributed by atoms with Crippen molar-refractivity contribution in [2.75, 3.05) is 0 Å². The lowest BCUT2D eigenvalue weighted by Crippen LogP contribution is -2.18. The van der Waals surface area contributed by atoms with E-state index in [9.17, 15) is 14.7 Å². The summed E-state index contributed by atoms with van der Waals surface area (Å²) in [5, 5.41) is 10.4. The minimum Gasteiger partial charge on any atom is -0.478 e. The van der Waals surface area contributed by atoms with E-state index in [1.54, 1.807) is 43.3 Å². The molecule has 25 heavy (non-hydrogen) atoms. The number of hydrogen-bond donors (Lipinski definition) is 1. The molecule has 0 spiro atoms. The van der Waals surface area contributed by atoms with Gasteiger partial charge in [0.1, 0.15) is 11.3 Å². The number of fused-ring (bicyclic) bond motifs is 1. The Bertz CT molecular complexity index is 973. The topological polar surface area (TPSA) is 76.7 Å². The third-order valence-electron chi connectivity index (χ3n) is 4.15. The number of carboxylic acid groups (broad SMARTS) is 1. The van der Waals surface area contributed by atoms with E-state index in [2.05, 4.69) is 0 Å². The number of aryl methyl sites for hydroxylation is 2. The van der Waals surface area contributed by atoms with E-state index in [4.69, 9.17) is 9.15 Å². The standard InChI is InChI=1S/C20H18O5/c1-3-13-11-17(21)25-18-12(2)16(10-9-15(13)18)24-19(20(22)23)14-7-5-4-6-8-14/h4-11,19H,3H2,1-2H3,(H,22,23). The number of carboxylic acids is 1. The van der Waals surface area contributed by atoms with Crippen LogP contribution >= 0.6 is 0 Å². The molecule has 1 aromatic heterocycles. The molecule has 0 amide bonds. The zero-order valence-corrected chi connectivity index (χ0v) is 14.0. The highest BCUT2D eigenvalue weighted by Crippen LogP contribution is 2.31. The van der Waals surface area contributed by atoms with E-state index in [1.165, 1.54) is 6.07 Å². The number of rotatable bonds is 5. The summed E-state index contributed by atoms with van der Waals surface area (Å²) in [5.74, 6) is -0.713. The molecule has 0 aliphatic carbocycles. The Morgan fingerprint density at radius 1 is 1.20 bits per heavy atom. The first kappa shape index (κ1) is 16.8. The van der Waals surface area contributed by atoms with Crippen molar-refractivity contribution in [2.24, 2.45) is 0 Å². The van der Waals surface area contributed by atoms with E-state index < -0.39 is 17.7 Å². The zero-order valence-electron chi connectivity index (χ0n) is 14.0. The Balaban J connectivity index is 2.08. The third kappa shape index (κ3) is 3.26. The summed E-state index contributed by atoms with van der Waals surface area (Å²) in [7, 11) is 0. The highest BCUT2D eigenvalue weighted by atomic mass is 16.5. The van der Waals surface area contributed by atoms with Gasteiger partial charge in [0.25, 0.3) is 0 Å². The monoisotopic (exact) mass is 338 g/mol. The number of hydrogen-bond acceptors (Lipinski definition) is 4. The minimum absolute atomic E-state index is 0.375. The fourth-order valence-electron chi connectivity index (χ4n) is 2.84. The van der Waals surface area contributed by atoms with E-state index >= 15 is 0 Å². The molecule has 0 fully saturated rings. The van der Waals surface area contributed by atoms with E-state index in [0.717, 1.165) is 10.9 Å². The van der Waals surface area contributed by atoms with Gasteiger partial charge >= 0.3 is 11.6 Å². The van der Waals surface area contributed by atoms with Crippen LogP contribution in [0.3, 0.4) is 0 Å². The first-order valence-electron chi connectivity index (χ1n) is 8.02. The molecule has 5 heteroatoms. The summed E-state index contributed by atoms with van der Waals surface area (Å²) in [6.45, 7) is 3.72. The Labute approximate surface area is 144 Å². The molecule has 2 aromatic carbocycles. The van der Waals surface area contributed by atoms with Crippen molar-refractivity contribution >= 4 is 16.9 Å². The smallest absolute Gasteiger partial charge is 0.349 e. The van der Waals surface area contributed by atoms with Crippen LogP contribution < -0.4 is 10.4 Å². The first-order valence-corrected chi connectivity index (χ1v) is 8.02. The molecule has 0 saturated heterocycles. The van der Waals surface area contributed by atoms with Gasteiger partial charge in [0, 0.05) is 22.6 Å². The summed E-state index contributed by atoms with van der Waals surface area (Å²) in [5.41, 5.74) is 2.03. The van der Waals surface area contributed by atoms with Gasteiger partial charge in [-0.25, -0.2) is 9.59 Å². The Morgan fingerprint density at radius 2 is 1.92 bits per heavy atom. The molecule has 0 aliphatic rings.